The molecule has 0 aliphatic heterocycles. The Morgan fingerprint density at radius 1 is 1.43 bits per heavy atom. The van der Waals surface area contributed by atoms with Crippen molar-refractivity contribution < 1.29 is 5.11 Å². The highest BCUT2D eigenvalue weighted by Crippen LogP contribution is 2.40. The summed E-state index contributed by atoms with van der Waals surface area (Å²) >= 11 is 1.82. The number of hydrogen-bond donors (Lipinski definition) is 1. The van der Waals surface area contributed by atoms with Crippen LogP contribution in [0, 0.1) is 12.3 Å². The maximum atomic E-state index is 9.49. The summed E-state index contributed by atoms with van der Waals surface area (Å²) in [6.07, 6.45) is 6.08. The van der Waals surface area contributed by atoms with Gasteiger partial charge in [-0.1, -0.05) is 12.8 Å². The predicted molar refractivity (Wildman–Crippen MR) is 60.7 cm³/mol. The van der Waals surface area contributed by atoms with Crippen LogP contribution in [0.5, 0.6) is 0 Å². The number of rotatable bonds is 3. The first-order chi connectivity index (χ1) is 6.74. The van der Waals surface area contributed by atoms with Crippen molar-refractivity contribution in [1.29, 1.82) is 0 Å². The summed E-state index contributed by atoms with van der Waals surface area (Å²) in [5.41, 5.74) is 1.64. The molecule has 1 heterocycles. The lowest BCUT2D eigenvalue weighted by Gasteiger charge is -2.25. The molecule has 0 amide bonds. The van der Waals surface area contributed by atoms with E-state index < -0.39 is 0 Å². The molecule has 0 saturated heterocycles. The van der Waals surface area contributed by atoms with E-state index in [1.165, 1.54) is 36.1 Å². The predicted octanol–water partition coefficient (Wildman–Crippen LogP) is 3.15. The van der Waals surface area contributed by atoms with Gasteiger partial charge in [0.05, 0.1) is 0 Å². The molecule has 0 spiro atoms. The van der Waals surface area contributed by atoms with Crippen molar-refractivity contribution in [3.8, 4) is 0 Å². The summed E-state index contributed by atoms with van der Waals surface area (Å²) in [4.78, 5) is 1.38. The third kappa shape index (κ3) is 2.01. The molecule has 14 heavy (non-hydrogen) atoms. The van der Waals surface area contributed by atoms with Crippen molar-refractivity contribution in [3.05, 3.63) is 21.9 Å². The van der Waals surface area contributed by atoms with E-state index in [1.807, 2.05) is 11.3 Å². The summed E-state index contributed by atoms with van der Waals surface area (Å²) in [7, 11) is 0. The molecule has 0 atom stereocenters. The van der Waals surface area contributed by atoms with Gasteiger partial charge >= 0.3 is 0 Å². The molecule has 1 saturated carbocycles. The van der Waals surface area contributed by atoms with E-state index >= 15 is 0 Å². The Bertz CT molecular complexity index is 297. The van der Waals surface area contributed by atoms with Crippen LogP contribution < -0.4 is 0 Å². The lowest BCUT2D eigenvalue weighted by Crippen LogP contribution is -2.23. The van der Waals surface area contributed by atoms with E-state index in [0.717, 1.165) is 6.42 Å². The fourth-order valence-electron chi connectivity index (χ4n) is 2.54. The van der Waals surface area contributed by atoms with Crippen molar-refractivity contribution in [2.75, 3.05) is 6.61 Å². The molecule has 1 aliphatic rings. The van der Waals surface area contributed by atoms with Gasteiger partial charge in [0.25, 0.3) is 0 Å². The van der Waals surface area contributed by atoms with Crippen LogP contribution in [0.3, 0.4) is 0 Å². The SMILES string of the molecule is Cc1cc(CC2(CO)CCCC2)cs1. The zero-order valence-electron chi connectivity index (χ0n) is 8.75. The fraction of sp³-hybridized carbons (Fsp3) is 0.667. The van der Waals surface area contributed by atoms with Crippen LogP contribution in [0.15, 0.2) is 11.4 Å². The van der Waals surface area contributed by atoms with Gasteiger partial charge in [0.15, 0.2) is 0 Å². The first-order valence-electron chi connectivity index (χ1n) is 5.39. The van der Waals surface area contributed by atoms with Crippen LogP contribution >= 0.6 is 11.3 Å². The highest BCUT2D eigenvalue weighted by Gasteiger charge is 2.33. The molecule has 0 aromatic carbocycles. The van der Waals surface area contributed by atoms with Crippen LogP contribution in [0.2, 0.25) is 0 Å². The first kappa shape index (κ1) is 10.2. The molecule has 0 radical (unpaired) electrons. The van der Waals surface area contributed by atoms with Crippen molar-refractivity contribution in [2.45, 2.75) is 39.0 Å². The third-order valence-corrected chi connectivity index (χ3v) is 4.27. The minimum atomic E-state index is 0.216. The quantitative estimate of drug-likeness (QED) is 0.812. The molecule has 2 heteroatoms. The molecule has 1 aliphatic carbocycles. The minimum absolute atomic E-state index is 0.216. The highest BCUT2D eigenvalue weighted by molar-refractivity contribution is 7.10. The molecule has 1 aromatic rings. The standard InChI is InChI=1S/C12H18OS/c1-10-6-11(8-14-10)7-12(9-13)4-2-3-5-12/h6,8,13H,2-5,7,9H2,1H3. The van der Waals surface area contributed by atoms with E-state index in [4.69, 9.17) is 0 Å². The second kappa shape index (κ2) is 4.03. The topological polar surface area (TPSA) is 20.2 Å². The molecule has 1 aromatic heterocycles. The second-order valence-electron chi connectivity index (χ2n) is 4.61. The average Bonchev–Trinajstić information content (AvgIpc) is 2.77. The smallest absolute Gasteiger partial charge is 0.0490 e. The van der Waals surface area contributed by atoms with Gasteiger partial charge in [0, 0.05) is 11.5 Å². The maximum absolute atomic E-state index is 9.49. The molecular weight excluding hydrogens is 192 g/mol. The van der Waals surface area contributed by atoms with Gasteiger partial charge in [-0.25, -0.2) is 0 Å². The molecule has 1 fully saturated rings. The number of aliphatic hydroxyl groups excluding tert-OH is 1. The van der Waals surface area contributed by atoms with E-state index in [-0.39, 0.29) is 5.41 Å². The van der Waals surface area contributed by atoms with Crippen molar-refractivity contribution in [3.63, 3.8) is 0 Å². The normalized spacial score (nSPS) is 20.1. The molecule has 0 unspecified atom stereocenters. The number of hydrogen-bond acceptors (Lipinski definition) is 2. The molecule has 2 rings (SSSR count). The lowest BCUT2D eigenvalue weighted by atomic mass is 9.81. The maximum Gasteiger partial charge on any atom is 0.0490 e. The number of aliphatic hydroxyl groups is 1. The average molecular weight is 210 g/mol. The van der Waals surface area contributed by atoms with E-state index in [0.29, 0.717) is 6.61 Å². The van der Waals surface area contributed by atoms with Crippen molar-refractivity contribution in [1.82, 2.24) is 0 Å². The van der Waals surface area contributed by atoms with Crippen molar-refractivity contribution in [2.24, 2.45) is 5.41 Å². The van der Waals surface area contributed by atoms with Gasteiger partial charge in [-0.05, 0) is 48.6 Å². The monoisotopic (exact) mass is 210 g/mol. The van der Waals surface area contributed by atoms with Crippen LogP contribution in [0.1, 0.15) is 36.1 Å². The molecular formula is C12H18OS. The van der Waals surface area contributed by atoms with Crippen LogP contribution in [-0.2, 0) is 6.42 Å². The zero-order valence-corrected chi connectivity index (χ0v) is 9.57. The largest absolute Gasteiger partial charge is 0.396 e. The molecule has 0 bridgehead atoms. The summed E-state index contributed by atoms with van der Waals surface area (Å²) < 4.78 is 0. The molecule has 1 N–H and O–H groups in total. The van der Waals surface area contributed by atoms with Crippen LogP contribution in [-0.4, -0.2) is 11.7 Å². The van der Waals surface area contributed by atoms with Gasteiger partial charge in [0.1, 0.15) is 0 Å². The Morgan fingerprint density at radius 2 is 2.14 bits per heavy atom. The highest BCUT2D eigenvalue weighted by atomic mass is 32.1. The van der Waals surface area contributed by atoms with Gasteiger partial charge in [-0.15, -0.1) is 11.3 Å². The zero-order chi connectivity index (χ0) is 10.0. The van der Waals surface area contributed by atoms with Crippen LogP contribution in [0.4, 0.5) is 0 Å². The van der Waals surface area contributed by atoms with E-state index in [1.54, 1.807) is 0 Å². The Morgan fingerprint density at radius 3 is 2.64 bits per heavy atom. The Kier molecular flexibility index (Phi) is 2.93. The van der Waals surface area contributed by atoms with Crippen molar-refractivity contribution >= 4 is 11.3 Å². The summed E-state index contributed by atoms with van der Waals surface area (Å²) in [6.45, 7) is 2.51. The minimum Gasteiger partial charge on any atom is -0.396 e. The summed E-state index contributed by atoms with van der Waals surface area (Å²) in [5.74, 6) is 0. The van der Waals surface area contributed by atoms with E-state index in [9.17, 15) is 5.11 Å². The summed E-state index contributed by atoms with van der Waals surface area (Å²) in [6, 6.07) is 2.26. The van der Waals surface area contributed by atoms with E-state index in [2.05, 4.69) is 18.4 Å². The first-order valence-corrected chi connectivity index (χ1v) is 6.27. The molecule has 78 valence electrons. The third-order valence-electron chi connectivity index (χ3n) is 3.36. The van der Waals surface area contributed by atoms with Gasteiger partial charge in [-0.3, -0.25) is 0 Å². The van der Waals surface area contributed by atoms with Gasteiger partial charge in [0.2, 0.25) is 0 Å². The van der Waals surface area contributed by atoms with Gasteiger partial charge < -0.3 is 5.11 Å². The van der Waals surface area contributed by atoms with Crippen LogP contribution in [0.25, 0.3) is 0 Å². The number of thiophene rings is 1. The molecule has 1 nitrogen and oxygen atoms in total. The Labute approximate surface area is 89.8 Å². The number of aryl methyl sites for hydroxylation is 1. The lowest BCUT2D eigenvalue weighted by molar-refractivity contribution is 0.130. The van der Waals surface area contributed by atoms with Gasteiger partial charge in [-0.2, -0.15) is 0 Å². The fourth-order valence-corrected chi connectivity index (χ4v) is 3.25. The Balaban J connectivity index is 2.08. The second-order valence-corrected chi connectivity index (χ2v) is 5.72. The Hall–Kier alpha value is -0.340. The summed E-state index contributed by atoms with van der Waals surface area (Å²) in [5, 5.41) is 11.7.